The molecule has 1 heterocycles. The first-order chi connectivity index (χ1) is 10.4. The molecule has 1 saturated heterocycles. The summed E-state index contributed by atoms with van der Waals surface area (Å²) in [6, 6.07) is 21.4. The standard InChI is InChI=1S/C19H22N2/c1-2-19(17-9-5-3-6-10-17,18-11-7-4-8-12-18)21-15-13-20-14-16-21/h2-12,20H,1,13-16H2. The Morgan fingerprint density at radius 1 is 0.857 bits per heavy atom. The molecule has 21 heavy (non-hydrogen) atoms. The molecule has 0 bridgehead atoms. The molecule has 0 radical (unpaired) electrons. The van der Waals surface area contributed by atoms with Crippen LogP contribution in [0.1, 0.15) is 11.1 Å². The maximum absolute atomic E-state index is 4.20. The quantitative estimate of drug-likeness (QED) is 0.865. The van der Waals surface area contributed by atoms with E-state index in [0.717, 1.165) is 26.2 Å². The van der Waals surface area contributed by atoms with Crippen molar-refractivity contribution in [1.82, 2.24) is 10.2 Å². The Morgan fingerprint density at radius 2 is 1.33 bits per heavy atom. The Kier molecular flexibility index (Phi) is 4.18. The highest BCUT2D eigenvalue weighted by Gasteiger charge is 2.37. The molecule has 1 aliphatic heterocycles. The number of hydrogen-bond acceptors (Lipinski definition) is 2. The third-order valence-electron chi connectivity index (χ3n) is 4.34. The minimum absolute atomic E-state index is 0.245. The largest absolute Gasteiger partial charge is 0.314 e. The average molecular weight is 278 g/mol. The van der Waals surface area contributed by atoms with Crippen LogP contribution in [0.5, 0.6) is 0 Å². The van der Waals surface area contributed by atoms with Gasteiger partial charge in [-0.1, -0.05) is 66.7 Å². The van der Waals surface area contributed by atoms with Gasteiger partial charge < -0.3 is 5.32 Å². The Balaban J connectivity index is 2.15. The predicted molar refractivity (Wildman–Crippen MR) is 88.3 cm³/mol. The third kappa shape index (κ3) is 2.53. The first kappa shape index (κ1) is 14.1. The maximum Gasteiger partial charge on any atom is 0.0901 e. The number of benzene rings is 2. The number of hydrogen-bond donors (Lipinski definition) is 1. The lowest BCUT2D eigenvalue weighted by Gasteiger charge is -2.45. The van der Waals surface area contributed by atoms with Gasteiger partial charge >= 0.3 is 0 Å². The van der Waals surface area contributed by atoms with Crippen molar-refractivity contribution in [3.8, 4) is 0 Å². The van der Waals surface area contributed by atoms with Crippen molar-refractivity contribution in [2.75, 3.05) is 26.2 Å². The highest BCUT2D eigenvalue weighted by atomic mass is 15.2. The van der Waals surface area contributed by atoms with Crippen LogP contribution < -0.4 is 5.32 Å². The lowest BCUT2D eigenvalue weighted by molar-refractivity contribution is 0.143. The van der Waals surface area contributed by atoms with E-state index in [4.69, 9.17) is 0 Å². The van der Waals surface area contributed by atoms with Crippen molar-refractivity contribution in [3.05, 3.63) is 84.4 Å². The zero-order chi connectivity index (χ0) is 14.5. The van der Waals surface area contributed by atoms with Gasteiger partial charge in [-0.25, -0.2) is 0 Å². The van der Waals surface area contributed by atoms with Crippen LogP contribution in [0, 0.1) is 0 Å². The summed E-state index contributed by atoms with van der Waals surface area (Å²) < 4.78 is 0. The highest BCUT2D eigenvalue weighted by molar-refractivity contribution is 5.43. The van der Waals surface area contributed by atoms with Gasteiger partial charge in [0.05, 0.1) is 5.54 Å². The fraction of sp³-hybridized carbons (Fsp3) is 0.263. The topological polar surface area (TPSA) is 15.3 Å². The Labute approximate surface area is 127 Å². The summed E-state index contributed by atoms with van der Waals surface area (Å²) in [4.78, 5) is 2.53. The van der Waals surface area contributed by atoms with E-state index < -0.39 is 0 Å². The van der Waals surface area contributed by atoms with Crippen LogP contribution in [0.15, 0.2) is 73.3 Å². The third-order valence-corrected chi connectivity index (χ3v) is 4.34. The molecule has 108 valence electrons. The molecule has 0 amide bonds. The fourth-order valence-electron chi connectivity index (χ4n) is 3.30. The van der Waals surface area contributed by atoms with E-state index in [1.54, 1.807) is 0 Å². The zero-order valence-corrected chi connectivity index (χ0v) is 12.3. The molecule has 1 aliphatic rings. The van der Waals surface area contributed by atoms with Gasteiger partial charge in [-0.3, -0.25) is 4.90 Å². The van der Waals surface area contributed by atoms with Gasteiger partial charge in [0.25, 0.3) is 0 Å². The molecular weight excluding hydrogens is 256 g/mol. The summed E-state index contributed by atoms with van der Waals surface area (Å²) in [5.41, 5.74) is 2.33. The minimum Gasteiger partial charge on any atom is -0.314 e. The molecule has 1 N–H and O–H groups in total. The molecule has 0 aromatic heterocycles. The van der Waals surface area contributed by atoms with E-state index in [2.05, 4.69) is 83.5 Å². The first-order valence-electron chi connectivity index (χ1n) is 7.58. The minimum atomic E-state index is -0.245. The maximum atomic E-state index is 4.20. The predicted octanol–water partition coefficient (Wildman–Crippen LogP) is 3.02. The number of nitrogens with zero attached hydrogens (tertiary/aromatic N) is 1. The molecule has 1 fully saturated rings. The Bertz CT molecular complexity index is 532. The van der Waals surface area contributed by atoms with Crippen molar-refractivity contribution in [2.45, 2.75) is 5.54 Å². The van der Waals surface area contributed by atoms with Gasteiger partial charge in [-0.05, 0) is 11.1 Å². The van der Waals surface area contributed by atoms with Crippen LogP contribution >= 0.6 is 0 Å². The van der Waals surface area contributed by atoms with Crippen molar-refractivity contribution >= 4 is 0 Å². The van der Waals surface area contributed by atoms with E-state index in [9.17, 15) is 0 Å². The van der Waals surface area contributed by atoms with Crippen LogP contribution in [0.2, 0.25) is 0 Å². The van der Waals surface area contributed by atoms with Crippen molar-refractivity contribution in [1.29, 1.82) is 0 Å². The van der Waals surface area contributed by atoms with Crippen LogP contribution in [0.25, 0.3) is 0 Å². The normalized spacial score (nSPS) is 16.6. The lowest BCUT2D eigenvalue weighted by Crippen LogP contribution is -2.54. The van der Waals surface area contributed by atoms with Gasteiger partial charge in [0.2, 0.25) is 0 Å². The van der Waals surface area contributed by atoms with E-state index in [0.29, 0.717) is 0 Å². The van der Waals surface area contributed by atoms with E-state index in [1.807, 2.05) is 0 Å². The molecular formula is C19H22N2. The van der Waals surface area contributed by atoms with Crippen LogP contribution in [0.3, 0.4) is 0 Å². The summed E-state index contributed by atoms with van der Waals surface area (Å²) in [5, 5.41) is 3.44. The monoisotopic (exact) mass is 278 g/mol. The zero-order valence-electron chi connectivity index (χ0n) is 12.3. The second-order valence-corrected chi connectivity index (χ2v) is 5.44. The van der Waals surface area contributed by atoms with Gasteiger partial charge in [0.1, 0.15) is 0 Å². The van der Waals surface area contributed by atoms with Crippen LogP contribution in [0.4, 0.5) is 0 Å². The molecule has 2 aromatic carbocycles. The number of nitrogens with one attached hydrogen (secondary N) is 1. The Morgan fingerprint density at radius 3 is 1.76 bits per heavy atom. The Hall–Kier alpha value is -1.90. The van der Waals surface area contributed by atoms with Gasteiger partial charge in [-0.2, -0.15) is 0 Å². The van der Waals surface area contributed by atoms with Crippen molar-refractivity contribution in [2.24, 2.45) is 0 Å². The van der Waals surface area contributed by atoms with Gasteiger partial charge in [0, 0.05) is 26.2 Å². The van der Waals surface area contributed by atoms with Gasteiger partial charge in [0.15, 0.2) is 0 Å². The summed E-state index contributed by atoms with van der Waals surface area (Å²) in [6.45, 7) is 8.29. The number of rotatable bonds is 4. The van der Waals surface area contributed by atoms with Gasteiger partial charge in [-0.15, -0.1) is 6.58 Å². The molecule has 0 spiro atoms. The summed E-state index contributed by atoms with van der Waals surface area (Å²) >= 11 is 0. The van der Waals surface area contributed by atoms with Crippen LogP contribution in [-0.2, 0) is 5.54 Å². The highest BCUT2D eigenvalue weighted by Crippen LogP contribution is 2.37. The molecule has 0 unspecified atom stereocenters. The smallest absolute Gasteiger partial charge is 0.0901 e. The molecule has 2 aromatic rings. The molecule has 0 aliphatic carbocycles. The summed E-state index contributed by atoms with van der Waals surface area (Å²) in [7, 11) is 0. The molecule has 2 heteroatoms. The summed E-state index contributed by atoms with van der Waals surface area (Å²) in [6.07, 6.45) is 2.10. The lowest BCUT2D eigenvalue weighted by atomic mass is 9.80. The van der Waals surface area contributed by atoms with Crippen molar-refractivity contribution in [3.63, 3.8) is 0 Å². The second-order valence-electron chi connectivity index (χ2n) is 5.44. The first-order valence-corrected chi connectivity index (χ1v) is 7.58. The second kappa shape index (κ2) is 6.25. The summed E-state index contributed by atoms with van der Waals surface area (Å²) in [5.74, 6) is 0. The van der Waals surface area contributed by atoms with Crippen molar-refractivity contribution < 1.29 is 0 Å². The molecule has 0 atom stereocenters. The molecule has 3 rings (SSSR count). The molecule has 0 saturated carbocycles. The molecule has 2 nitrogen and oxygen atoms in total. The van der Waals surface area contributed by atoms with Crippen LogP contribution in [-0.4, -0.2) is 31.1 Å². The van der Waals surface area contributed by atoms with E-state index >= 15 is 0 Å². The van der Waals surface area contributed by atoms with E-state index in [-0.39, 0.29) is 5.54 Å². The fourth-order valence-corrected chi connectivity index (χ4v) is 3.30. The number of piperazine rings is 1. The SMILES string of the molecule is C=CC(c1ccccc1)(c1ccccc1)N1CCNCC1. The average Bonchev–Trinajstić information content (AvgIpc) is 2.59. The van der Waals surface area contributed by atoms with E-state index in [1.165, 1.54) is 11.1 Å².